The largest absolute Gasteiger partial charge is 0.489 e. The van der Waals surface area contributed by atoms with Crippen LogP contribution in [0.2, 0.25) is 0 Å². The van der Waals surface area contributed by atoms with Gasteiger partial charge in [0.1, 0.15) is 18.2 Å². The molecule has 0 heterocycles. The van der Waals surface area contributed by atoms with Crippen LogP contribution in [0.25, 0.3) is 0 Å². The summed E-state index contributed by atoms with van der Waals surface area (Å²) in [5, 5.41) is 12.1. The van der Waals surface area contributed by atoms with Crippen molar-refractivity contribution >= 4 is 0 Å². The van der Waals surface area contributed by atoms with Crippen LogP contribution in [0.4, 0.5) is 17.6 Å². The summed E-state index contributed by atoms with van der Waals surface area (Å²) in [6.07, 6.45) is -1.10. The number of benzene rings is 2. The predicted molar refractivity (Wildman–Crippen MR) is 100.0 cm³/mol. The highest BCUT2D eigenvalue weighted by Gasteiger charge is 2.57. The topological polar surface area (TPSA) is 41.5 Å². The normalized spacial score (nSPS) is 22.7. The van der Waals surface area contributed by atoms with E-state index in [0.29, 0.717) is 18.8 Å². The van der Waals surface area contributed by atoms with E-state index in [1.54, 1.807) is 0 Å². The molecule has 0 radical (unpaired) electrons. The van der Waals surface area contributed by atoms with Gasteiger partial charge in [0.2, 0.25) is 0 Å². The van der Waals surface area contributed by atoms with Crippen LogP contribution in [-0.2, 0) is 24.7 Å². The summed E-state index contributed by atoms with van der Waals surface area (Å²) in [7, 11) is 0. The van der Waals surface area contributed by atoms with Gasteiger partial charge in [0.05, 0.1) is 12.2 Å². The molecule has 5 rings (SSSR count). The number of aliphatic hydroxyl groups excluding tert-OH is 1. The molecule has 2 bridgehead atoms. The highest BCUT2D eigenvalue weighted by Crippen LogP contribution is 2.65. The van der Waals surface area contributed by atoms with Gasteiger partial charge in [-0.3, -0.25) is 0 Å². The molecular formula is C22H23F4NO2. The zero-order valence-corrected chi connectivity index (χ0v) is 15.9. The Hall–Kier alpha value is -2.12. The summed E-state index contributed by atoms with van der Waals surface area (Å²) in [4.78, 5) is 0. The van der Waals surface area contributed by atoms with E-state index in [4.69, 9.17) is 9.84 Å². The van der Waals surface area contributed by atoms with E-state index < -0.39 is 17.6 Å². The summed E-state index contributed by atoms with van der Waals surface area (Å²) >= 11 is 0. The van der Waals surface area contributed by atoms with E-state index >= 15 is 0 Å². The molecule has 2 aromatic carbocycles. The third-order valence-electron chi connectivity index (χ3n) is 6.05. The first-order valence-electron chi connectivity index (χ1n) is 9.74. The van der Waals surface area contributed by atoms with Crippen molar-refractivity contribution in [2.45, 2.75) is 44.0 Å². The van der Waals surface area contributed by atoms with Gasteiger partial charge in [0, 0.05) is 18.7 Å². The lowest BCUT2D eigenvalue weighted by Gasteiger charge is -2.62. The average Bonchev–Trinajstić information content (AvgIpc) is 2.59. The summed E-state index contributed by atoms with van der Waals surface area (Å²) in [6.45, 7) is 0.838. The van der Waals surface area contributed by atoms with Crippen molar-refractivity contribution in [2.24, 2.45) is 5.92 Å². The predicted octanol–water partition coefficient (Wildman–Crippen LogP) is 4.56. The van der Waals surface area contributed by atoms with Gasteiger partial charge in [-0.05, 0) is 59.9 Å². The van der Waals surface area contributed by atoms with Gasteiger partial charge in [-0.2, -0.15) is 13.2 Å². The van der Waals surface area contributed by atoms with Gasteiger partial charge in [-0.15, -0.1) is 0 Å². The molecule has 7 heteroatoms. The van der Waals surface area contributed by atoms with Crippen LogP contribution in [0, 0.1) is 11.7 Å². The zero-order chi connectivity index (χ0) is 20.6. The second-order valence-electron chi connectivity index (χ2n) is 8.08. The van der Waals surface area contributed by atoms with Crippen molar-refractivity contribution in [1.29, 1.82) is 0 Å². The minimum Gasteiger partial charge on any atom is -0.489 e. The minimum absolute atomic E-state index is 0.0112. The Morgan fingerprint density at radius 3 is 2.48 bits per heavy atom. The van der Waals surface area contributed by atoms with E-state index in [2.05, 4.69) is 11.4 Å². The van der Waals surface area contributed by atoms with Crippen molar-refractivity contribution in [3.05, 3.63) is 64.5 Å². The molecule has 156 valence electrons. The van der Waals surface area contributed by atoms with Crippen molar-refractivity contribution in [3.63, 3.8) is 0 Å². The second-order valence-corrected chi connectivity index (χ2v) is 8.08. The number of alkyl halides is 3. The maximum absolute atomic E-state index is 13.5. The van der Waals surface area contributed by atoms with Crippen LogP contribution in [0.15, 0.2) is 36.4 Å². The third kappa shape index (κ3) is 3.98. The fraction of sp³-hybridized carbons (Fsp3) is 0.455. The molecule has 0 unspecified atom stereocenters. The highest BCUT2D eigenvalue weighted by molar-refractivity contribution is 5.44. The van der Waals surface area contributed by atoms with Crippen LogP contribution < -0.4 is 10.1 Å². The summed E-state index contributed by atoms with van der Waals surface area (Å²) in [5.41, 5.74) is 1.42. The molecule has 3 aliphatic rings. The van der Waals surface area contributed by atoms with Crippen molar-refractivity contribution in [3.8, 4) is 5.75 Å². The molecule has 29 heavy (non-hydrogen) atoms. The van der Waals surface area contributed by atoms with E-state index in [-0.39, 0.29) is 24.2 Å². The molecule has 2 N–H and O–H groups in total. The first-order valence-corrected chi connectivity index (χ1v) is 9.74. The van der Waals surface area contributed by atoms with Gasteiger partial charge < -0.3 is 15.2 Å². The maximum Gasteiger partial charge on any atom is 0.419 e. The monoisotopic (exact) mass is 409 g/mol. The quantitative estimate of drug-likeness (QED) is 0.496. The molecule has 3 saturated carbocycles. The Balaban J connectivity index is 1.51. The molecule has 3 fully saturated rings. The highest BCUT2D eigenvalue weighted by atomic mass is 19.4. The molecule has 0 saturated heterocycles. The van der Waals surface area contributed by atoms with Gasteiger partial charge in [0.25, 0.3) is 0 Å². The van der Waals surface area contributed by atoms with Crippen molar-refractivity contribution in [1.82, 2.24) is 5.32 Å². The van der Waals surface area contributed by atoms with Crippen molar-refractivity contribution < 1.29 is 27.4 Å². The maximum atomic E-state index is 13.5. The van der Waals surface area contributed by atoms with Crippen LogP contribution in [0.3, 0.4) is 0 Å². The third-order valence-corrected chi connectivity index (χ3v) is 6.05. The van der Waals surface area contributed by atoms with Crippen LogP contribution >= 0.6 is 0 Å². The van der Waals surface area contributed by atoms with Gasteiger partial charge in [0.15, 0.2) is 0 Å². The molecule has 3 aliphatic carbocycles. The molecule has 0 amide bonds. The smallest absolute Gasteiger partial charge is 0.419 e. The Morgan fingerprint density at radius 2 is 1.86 bits per heavy atom. The van der Waals surface area contributed by atoms with Crippen molar-refractivity contribution in [2.75, 3.05) is 13.2 Å². The van der Waals surface area contributed by atoms with Crippen LogP contribution in [0.1, 0.15) is 41.5 Å². The summed E-state index contributed by atoms with van der Waals surface area (Å²) in [5.74, 6) is 0.130. The van der Waals surface area contributed by atoms with Crippen LogP contribution in [0.5, 0.6) is 5.75 Å². The number of ether oxygens (including phenoxy) is 1. The van der Waals surface area contributed by atoms with E-state index in [0.717, 1.165) is 23.6 Å². The molecule has 0 atom stereocenters. The molecule has 2 aromatic rings. The average molecular weight is 409 g/mol. The Labute approximate surface area is 166 Å². The zero-order valence-electron chi connectivity index (χ0n) is 15.9. The standard InChI is InChI=1S/C22H23F4NO2/c23-19-3-1-14(7-18(19)22(24,25)26)13-29-20-4-2-17(21-9-15(10-21)11-21)8-16(20)12-27-5-6-28/h1-4,7-8,15,27-28H,5-6,9-13H2. The lowest BCUT2D eigenvalue weighted by Crippen LogP contribution is -2.55. The summed E-state index contributed by atoms with van der Waals surface area (Å²) < 4.78 is 58.0. The number of nitrogens with one attached hydrogen (secondary N) is 1. The fourth-order valence-corrected chi connectivity index (χ4v) is 4.36. The fourth-order valence-electron chi connectivity index (χ4n) is 4.36. The van der Waals surface area contributed by atoms with Gasteiger partial charge in [-0.25, -0.2) is 4.39 Å². The van der Waals surface area contributed by atoms with Gasteiger partial charge >= 0.3 is 6.18 Å². The van der Waals surface area contributed by atoms with Gasteiger partial charge in [-0.1, -0.05) is 18.2 Å². The Bertz CT molecular complexity index is 880. The van der Waals surface area contributed by atoms with E-state index in [1.807, 2.05) is 12.1 Å². The van der Waals surface area contributed by atoms with E-state index in [1.165, 1.54) is 30.9 Å². The lowest BCUT2D eigenvalue weighted by atomic mass is 9.42. The number of rotatable bonds is 8. The lowest BCUT2D eigenvalue weighted by molar-refractivity contribution is -0.140. The number of hydrogen-bond donors (Lipinski definition) is 2. The number of aliphatic hydroxyl groups is 1. The molecule has 0 aromatic heterocycles. The number of halogens is 4. The van der Waals surface area contributed by atoms with Crippen LogP contribution in [-0.4, -0.2) is 18.3 Å². The number of hydrogen-bond acceptors (Lipinski definition) is 3. The Kier molecular flexibility index (Phi) is 5.29. The first-order chi connectivity index (χ1) is 13.8. The molecular weight excluding hydrogens is 386 g/mol. The summed E-state index contributed by atoms with van der Waals surface area (Å²) in [6, 6.07) is 8.89. The first kappa shape index (κ1) is 20.2. The molecule has 0 aliphatic heterocycles. The Morgan fingerprint density at radius 1 is 1.10 bits per heavy atom. The molecule has 3 nitrogen and oxygen atoms in total. The molecule has 0 spiro atoms. The SMILES string of the molecule is OCCNCc1cc(C23CC(C2)C3)ccc1OCc1ccc(F)c(C(F)(F)F)c1. The minimum atomic E-state index is -4.75. The second kappa shape index (κ2) is 7.61. The van der Waals surface area contributed by atoms with E-state index in [9.17, 15) is 17.6 Å².